The number of morpholine rings is 1. The Kier molecular flexibility index (Phi) is 7.19. The van der Waals surface area contributed by atoms with Gasteiger partial charge in [-0.2, -0.15) is 0 Å². The minimum Gasteiger partial charge on any atom is -0.372 e. The third-order valence-corrected chi connectivity index (χ3v) is 5.80. The summed E-state index contributed by atoms with van der Waals surface area (Å²) in [5.41, 5.74) is 1.98. The van der Waals surface area contributed by atoms with Crippen molar-refractivity contribution in [1.29, 1.82) is 0 Å². The zero-order valence-corrected chi connectivity index (χ0v) is 18.3. The molecule has 1 fully saturated rings. The van der Waals surface area contributed by atoms with E-state index in [1.807, 2.05) is 49.1 Å². The summed E-state index contributed by atoms with van der Waals surface area (Å²) in [6, 6.07) is 12.8. The maximum absolute atomic E-state index is 14.7. The van der Waals surface area contributed by atoms with Crippen molar-refractivity contribution in [2.75, 3.05) is 18.0 Å². The summed E-state index contributed by atoms with van der Waals surface area (Å²) in [4.78, 5) is 15.6. The van der Waals surface area contributed by atoms with Gasteiger partial charge in [0.15, 0.2) is 0 Å². The van der Waals surface area contributed by atoms with Gasteiger partial charge in [0.25, 0.3) is 5.91 Å². The number of thioether (sulfide) groups is 1. The number of hydrogen-bond donors (Lipinski definition) is 1. The van der Waals surface area contributed by atoms with Crippen LogP contribution in [0, 0.1) is 5.82 Å². The molecule has 6 heteroatoms. The summed E-state index contributed by atoms with van der Waals surface area (Å²) in [7, 11) is 0. The summed E-state index contributed by atoms with van der Waals surface area (Å²) >= 11 is 1.66. The predicted octanol–water partition coefficient (Wildman–Crippen LogP) is 4.87. The van der Waals surface area contributed by atoms with Gasteiger partial charge in [0.1, 0.15) is 5.82 Å². The maximum Gasteiger partial charge on any atom is 0.252 e. The molecule has 0 aliphatic carbocycles. The van der Waals surface area contributed by atoms with Gasteiger partial charge in [0.05, 0.1) is 23.5 Å². The number of halogens is 1. The quantitative estimate of drug-likeness (QED) is 0.682. The van der Waals surface area contributed by atoms with Gasteiger partial charge in [-0.3, -0.25) is 4.79 Å². The van der Waals surface area contributed by atoms with Crippen LogP contribution in [0.3, 0.4) is 0 Å². The number of nitrogens with zero attached hydrogens (tertiary/aromatic N) is 1. The van der Waals surface area contributed by atoms with Crippen LogP contribution < -0.4 is 10.2 Å². The normalized spacial score (nSPS) is 19.4. The molecule has 1 aliphatic heterocycles. The fourth-order valence-electron chi connectivity index (χ4n) is 3.58. The molecule has 2 atom stereocenters. The topological polar surface area (TPSA) is 41.6 Å². The molecule has 2 aromatic carbocycles. The Bertz CT molecular complexity index is 849. The van der Waals surface area contributed by atoms with Crippen molar-refractivity contribution in [2.45, 2.75) is 56.6 Å². The summed E-state index contributed by atoms with van der Waals surface area (Å²) in [5, 5.41) is 3.30. The van der Waals surface area contributed by atoms with E-state index >= 15 is 0 Å². The van der Waals surface area contributed by atoms with Crippen molar-refractivity contribution in [3.8, 4) is 0 Å². The summed E-state index contributed by atoms with van der Waals surface area (Å²) in [6.07, 6.45) is 0.141. The zero-order valence-electron chi connectivity index (χ0n) is 17.4. The van der Waals surface area contributed by atoms with E-state index in [1.54, 1.807) is 17.8 Å². The number of rotatable bonds is 6. The number of anilines is 1. The first kappa shape index (κ1) is 21.7. The lowest BCUT2D eigenvalue weighted by Gasteiger charge is -2.37. The molecule has 0 aromatic heterocycles. The lowest BCUT2D eigenvalue weighted by Crippen LogP contribution is -2.45. The molecule has 4 nitrogen and oxygen atoms in total. The molecule has 2 aromatic rings. The average Bonchev–Trinajstić information content (AvgIpc) is 2.65. The van der Waals surface area contributed by atoms with E-state index in [0.29, 0.717) is 29.6 Å². The third-order valence-electron chi connectivity index (χ3n) is 4.72. The van der Waals surface area contributed by atoms with Crippen molar-refractivity contribution in [3.05, 3.63) is 59.4 Å². The average molecular weight is 417 g/mol. The summed E-state index contributed by atoms with van der Waals surface area (Å²) in [6.45, 7) is 9.81. The Morgan fingerprint density at radius 1 is 1.21 bits per heavy atom. The SMILES string of the molecule is CC1CN(c2ccc(CNC(=O)c3ccccc3SC(C)C)cc2F)CC(C)O1. The van der Waals surface area contributed by atoms with E-state index in [1.165, 1.54) is 6.07 Å². The largest absolute Gasteiger partial charge is 0.372 e. The second-order valence-corrected chi connectivity index (χ2v) is 9.41. The van der Waals surface area contributed by atoms with Crippen molar-refractivity contribution >= 4 is 23.4 Å². The molecular weight excluding hydrogens is 387 g/mol. The van der Waals surface area contributed by atoms with Crippen molar-refractivity contribution in [3.63, 3.8) is 0 Å². The molecule has 1 saturated heterocycles. The number of amides is 1. The van der Waals surface area contributed by atoms with Gasteiger partial charge in [0, 0.05) is 29.8 Å². The van der Waals surface area contributed by atoms with Crippen LogP contribution in [0.5, 0.6) is 0 Å². The van der Waals surface area contributed by atoms with E-state index < -0.39 is 0 Å². The van der Waals surface area contributed by atoms with Gasteiger partial charge in [-0.1, -0.05) is 32.0 Å². The predicted molar refractivity (Wildman–Crippen MR) is 117 cm³/mol. The molecule has 0 spiro atoms. The highest BCUT2D eigenvalue weighted by Gasteiger charge is 2.24. The van der Waals surface area contributed by atoms with Gasteiger partial charge in [-0.15, -0.1) is 11.8 Å². The fraction of sp³-hybridized carbons (Fsp3) is 0.435. The molecule has 29 heavy (non-hydrogen) atoms. The summed E-state index contributed by atoms with van der Waals surface area (Å²) in [5.74, 6) is -0.414. The number of benzene rings is 2. The van der Waals surface area contributed by atoms with Crippen LogP contribution in [-0.2, 0) is 11.3 Å². The van der Waals surface area contributed by atoms with Crippen molar-refractivity contribution in [1.82, 2.24) is 5.32 Å². The van der Waals surface area contributed by atoms with Gasteiger partial charge >= 0.3 is 0 Å². The van der Waals surface area contributed by atoms with Gasteiger partial charge < -0.3 is 15.0 Å². The smallest absolute Gasteiger partial charge is 0.252 e. The first-order chi connectivity index (χ1) is 13.8. The highest BCUT2D eigenvalue weighted by molar-refractivity contribution is 8.00. The Balaban J connectivity index is 1.66. The minimum atomic E-state index is -0.270. The van der Waals surface area contributed by atoms with E-state index in [2.05, 4.69) is 19.2 Å². The molecule has 0 saturated carbocycles. The lowest BCUT2D eigenvalue weighted by molar-refractivity contribution is -0.00539. The van der Waals surface area contributed by atoms with Gasteiger partial charge in [0.2, 0.25) is 0 Å². The van der Waals surface area contributed by atoms with Crippen LogP contribution in [0.1, 0.15) is 43.6 Å². The first-order valence-electron chi connectivity index (χ1n) is 10.1. The lowest BCUT2D eigenvalue weighted by atomic mass is 10.1. The van der Waals surface area contributed by atoms with Crippen LogP contribution in [-0.4, -0.2) is 36.5 Å². The second kappa shape index (κ2) is 9.63. The Labute approximate surface area is 176 Å². The van der Waals surface area contributed by atoms with Crippen LogP contribution in [0.15, 0.2) is 47.4 Å². The molecule has 1 amide bonds. The number of carbonyl (C=O) groups excluding carboxylic acids is 1. The standard InChI is InChI=1S/C23H29FN2O2S/c1-15(2)29-22-8-6-5-7-19(22)23(27)25-12-18-9-10-21(20(24)11-18)26-13-16(3)28-17(4)14-26/h5-11,15-17H,12-14H2,1-4H3,(H,25,27). The summed E-state index contributed by atoms with van der Waals surface area (Å²) < 4.78 is 20.5. The number of hydrogen-bond acceptors (Lipinski definition) is 4. The van der Waals surface area contributed by atoms with Gasteiger partial charge in [-0.05, 0) is 43.7 Å². The van der Waals surface area contributed by atoms with E-state index in [9.17, 15) is 9.18 Å². The fourth-order valence-corrected chi connectivity index (χ4v) is 4.53. The molecule has 1 N–H and O–H groups in total. The monoisotopic (exact) mass is 416 g/mol. The second-order valence-electron chi connectivity index (χ2n) is 7.79. The number of ether oxygens (including phenoxy) is 1. The maximum atomic E-state index is 14.7. The number of carbonyl (C=O) groups is 1. The molecule has 2 unspecified atom stereocenters. The molecule has 3 rings (SSSR count). The Morgan fingerprint density at radius 3 is 2.55 bits per heavy atom. The van der Waals surface area contributed by atoms with Crippen LogP contribution in [0.2, 0.25) is 0 Å². The molecule has 1 aliphatic rings. The highest BCUT2D eigenvalue weighted by Crippen LogP contribution is 2.27. The van der Waals surface area contributed by atoms with Gasteiger partial charge in [-0.25, -0.2) is 4.39 Å². The molecule has 0 radical (unpaired) electrons. The van der Waals surface area contributed by atoms with E-state index in [4.69, 9.17) is 4.74 Å². The molecular formula is C23H29FN2O2S. The van der Waals surface area contributed by atoms with Crippen LogP contribution in [0.25, 0.3) is 0 Å². The Morgan fingerprint density at radius 2 is 1.90 bits per heavy atom. The van der Waals surface area contributed by atoms with Crippen LogP contribution >= 0.6 is 11.8 Å². The van der Waals surface area contributed by atoms with E-state index in [-0.39, 0.29) is 30.5 Å². The van der Waals surface area contributed by atoms with Crippen molar-refractivity contribution in [2.24, 2.45) is 0 Å². The van der Waals surface area contributed by atoms with Crippen molar-refractivity contribution < 1.29 is 13.9 Å². The minimum absolute atomic E-state index is 0.0703. The first-order valence-corrected chi connectivity index (χ1v) is 10.9. The molecule has 1 heterocycles. The highest BCUT2D eigenvalue weighted by atomic mass is 32.2. The molecule has 156 valence electrons. The Hall–Kier alpha value is -2.05. The molecule has 0 bridgehead atoms. The van der Waals surface area contributed by atoms with Crippen LogP contribution in [0.4, 0.5) is 10.1 Å². The number of nitrogens with one attached hydrogen (secondary N) is 1. The van der Waals surface area contributed by atoms with E-state index in [0.717, 1.165) is 10.5 Å². The zero-order chi connectivity index (χ0) is 21.0. The third kappa shape index (κ3) is 5.73.